The van der Waals surface area contributed by atoms with Crippen molar-refractivity contribution in [2.75, 3.05) is 33.3 Å². The molecule has 1 saturated heterocycles. The lowest BCUT2D eigenvalue weighted by atomic mass is 9.99. The number of carbonyl (C=O) groups is 1. The van der Waals surface area contributed by atoms with Gasteiger partial charge < -0.3 is 14.8 Å². The van der Waals surface area contributed by atoms with Crippen LogP contribution in [-0.4, -0.2) is 44.2 Å². The number of ether oxygens (including phenoxy) is 2. The van der Waals surface area contributed by atoms with Crippen LogP contribution in [0.2, 0.25) is 0 Å². The van der Waals surface area contributed by atoms with Crippen LogP contribution in [0.1, 0.15) is 31.4 Å². The van der Waals surface area contributed by atoms with E-state index in [9.17, 15) is 4.79 Å². The van der Waals surface area contributed by atoms with Gasteiger partial charge in [-0.2, -0.15) is 0 Å². The quantitative estimate of drug-likeness (QED) is 0.476. The predicted molar refractivity (Wildman–Crippen MR) is 90.9 cm³/mol. The van der Waals surface area contributed by atoms with Crippen molar-refractivity contribution in [2.45, 2.75) is 25.8 Å². The first-order chi connectivity index (χ1) is 11.2. The second kappa shape index (κ2) is 8.70. The number of esters is 1. The summed E-state index contributed by atoms with van der Waals surface area (Å²) in [7, 11) is 1.59. The second-order valence-corrected chi connectivity index (χ2v) is 5.67. The minimum atomic E-state index is -0.346. The lowest BCUT2D eigenvalue weighted by Gasteiger charge is -2.35. The van der Waals surface area contributed by atoms with Crippen molar-refractivity contribution >= 4 is 5.97 Å². The average molecular weight is 318 g/mol. The summed E-state index contributed by atoms with van der Waals surface area (Å²) >= 11 is 0. The molecule has 1 atom stereocenters. The topological polar surface area (TPSA) is 50.8 Å². The molecule has 5 heteroatoms. The van der Waals surface area contributed by atoms with Gasteiger partial charge >= 0.3 is 5.97 Å². The SMILES string of the molecule is C=CCC[C@H](c1ccc(OC(C)=O)c(OC)c1)N1CCNCC1. The molecule has 23 heavy (non-hydrogen) atoms. The minimum absolute atomic E-state index is 0.315. The van der Waals surface area contributed by atoms with Gasteiger partial charge in [-0.25, -0.2) is 0 Å². The van der Waals surface area contributed by atoms with Gasteiger partial charge in [0.1, 0.15) is 0 Å². The zero-order chi connectivity index (χ0) is 16.7. The largest absolute Gasteiger partial charge is 0.493 e. The molecule has 126 valence electrons. The highest BCUT2D eigenvalue weighted by Gasteiger charge is 2.23. The molecule has 0 aliphatic carbocycles. The summed E-state index contributed by atoms with van der Waals surface area (Å²) in [5.41, 5.74) is 1.18. The van der Waals surface area contributed by atoms with Crippen LogP contribution in [0.4, 0.5) is 0 Å². The maximum atomic E-state index is 11.2. The van der Waals surface area contributed by atoms with Crippen LogP contribution in [0, 0.1) is 0 Å². The molecule has 1 fully saturated rings. The fourth-order valence-electron chi connectivity index (χ4n) is 2.96. The molecule has 1 aliphatic rings. The molecule has 0 spiro atoms. The molecular formula is C18H26N2O3. The molecule has 0 radical (unpaired) electrons. The highest BCUT2D eigenvalue weighted by atomic mass is 16.6. The Morgan fingerprint density at radius 1 is 1.39 bits per heavy atom. The summed E-state index contributed by atoms with van der Waals surface area (Å²) in [5, 5.41) is 3.39. The summed E-state index contributed by atoms with van der Waals surface area (Å²) in [4.78, 5) is 13.7. The number of benzene rings is 1. The van der Waals surface area contributed by atoms with E-state index in [4.69, 9.17) is 9.47 Å². The first-order valence-corrected chi connectivity index (χ1v) is 8.07. The van der Waals surface area contributed by atoms with Gasteiger partial charge in [0.25, 0.3) is 0 Å². The second-order valence-electron chi connectivity index (χ2n) is 5.67. The number of hydrogen-bond acceptors (Lipinski definition) is 5. The van der Waals surface area contributed by atoms with Crippen LogP contribution in [0.5, 0.6) is 11.5 Å². The number of methoxy groups -OCH3 is 1. The highest BCUT2D eigenvalue weighted by Crippen LogP contribution is 2.34. The summed E-state index contributed by atoms with van der Waals surface area (Å²) in [5.74, 6) is 0.712. The first kappa shape index (κ1) is 17.5. The third-order valence-electron chi connectivity index (χ3n) is 4.06. The van der Waals surface area contributed by atoms with Crippen LogP contribution in [-0.2, 0) is 4.79 Å². The van der Waals surface area contributed by atoms with Gasteiger partial charge in [0.15, 0.2) is 11.5 Å². The first-order valence-electron chi connectivity index (χ1n) is 8.07. The molecule has 1 heterocycles. The van der Waals surface area contributed by atoms with E-state index < -0.39 is 0 Å². The van der Waals surface area contributed by atoms with E-state index in [-0.39, 0.29) is 5.97 Å². The van der Waals surface area contributed by atoms with Crippen LogP contribution < -0.4 is 14.8 Å². The van der Waals surface area contributed by atoms with Crippen molar-refractivity contribution in [1.29, 1.82) is 0 Å². The fraction of sp³-hybridized carbons (Fsp3) is 0.500. The molecule has 5 nitrogen and oxygen atoms in total. The van der Waals surface area contributed by atoms with Crippen molar-refractivity contribution in [3.8, 4) is 11.5 Å². The Balaban J connectivity index is 2.25. The van der Waals surface area contributed by atoms with Crippen molar-refractivity contribution < 1.29 is 14.3 Å². The van der Waals surface area contributed by atoms with Gasteiger partial charge in [0, 0.05) is 39.1 Å². The summed E-state index contributed by atoms with van der Waals surface area (Å²) in [6.07, 6.45) is 3.93. The maximum Gasteiger partial charge on any atom is 0.308 e. The molecule has 0 aromatic heterocycles. The Hall–Kier alpha value is -1.85. The van der Waals surface area contributed by atoms with E-state index in [2.05, 4.69) is 16.8 Å². The summed E-state index contributed by atoms with van der Waals surface area (Å²) in [6, 6.07) is 6.14. The van der Waals surface area contributed by atoms with Crippen molar-refractivity contribution in [3.63, 3.8) is 0 Å². The Bertz CT molecular complexity index is 539. The molecule has 0 saturated carbocycles. The zero-order valence-electron chi connectivity index (χ0n) is 14.0. The number of hydrogen-bond donors (Lipinski definition) is 1. The normalized spacial score (nSPS) is 16.6. The molecule has 0 amide bonds. The minimum Gasteiger partial charge on any atom is -0.493 e. The smallest absolute Gasteiger partial charge is 0.308 e. The standard InChI is InChI=1S/C18H26N2O3/c1-4-5-6-16(20-11-9-19-10-12-20)15-7-8-17(23-14(2)21)18(13-15)22-3/h4,7-8,13,16,19H,1,5-6,9-12H2,2-3H3/t16-/m1/s1. The Morgan fingerprint density at radius 3 is 2.74 bits per heavy atom. The highest BCUT2D eigenvalue weighted by molar-refractivity contribution is 5.70. The molecule has 1 aromatic rings. The number of piperazine rings is 1. The van der Waals surface area contributed by atoms with Crippen LogP contribution in [0.15, 0.2) is 30.9 Å². The van der Waals surface area contributed by atoms with Crippen molar-refractivity contribution in [3.05, 3.63) is 36.4 Å². The third-order valence-corrected chi connectivity index (χ3v) is 4.06. The van der Waals surface area contributed by atoms with Crippen LogP contribution in [0.25, 0.3) is 0 Å². The predicted octanol–water partition coefficient (Wildman–Crippen LogP) is 2.53. The summed E-state index contributed by atoms with van der Waals surface area (Å²) in [6.45, 7) is 9.29. The average Bonchev–Trinajstić information content (AvgIpc) is 2.56. The lowest BCUT2D eigenvalue weighted by Crippen LogP contribution is -2.45. The monoisotopic (exact) mass is 318 g/mol. The molecule has 0 bridgehead atoms. The van der Waals surface area contributed by atoms with Gasteiger partial charge in [-0.3, -0.25) is 9.69 Å². The molecule has 1 aromatic carbocycles. The third kappa shape index (κ3) is 4.81. The number of carbonyl (C=O) groups excluding carboxylic acids is 1. The number of allylic oxidation sites excluding steroid dienone is 1. The van der Waals surface area contributed by atoms with Crippen LogP contribution in [0.3, 0.4) is 0 Å². The van der Waals surface area contributed by atoms with E-state index in [1.165, 1.54) is 12.5 Å². The number of nitrogens with zero attached hydrogens (tertiary/aromatic N) is 1. The zero-order valence-corrected chi connectivity index (χ0v) is 14.0. The van der Waals surface area contributed by atoms with Gasteiger partial charge in [0.2, 0.25) is 0 Å². The molecule has 1 aliphatic heterocycles. The molecule has 1 N–H and O–H groups in total. The van der Waals surface area contributed by atoms with E-state index in [1.54, 1.807) is 7.11 Å². The van der Waals surface area contributed by atoms with Crippen LogP contribution >= 0.6 is 0 Å². The molecule has 2 rings (SSSR count). The van der Waals surface area contributed by atoms with E-state index in [1.807, 2.05) is 24.3 Å². The Kier molecular flexibility index (Phi) is 6.62. The fourth-order valence-corrected chi connectivity index (χ4v) is 2.96. The molecule has 0 unspecified atom stereocenters. The van der Waals surface area contributed by atoms with Gasteiger partial charge in [-0.15, -0.1) is 6.58 Å². The number of nitrogens with one attached hydrogen (secondary N) is 1. The van der Waals surface area contributed by atoms with E-state index >= 15 is 0 Å². The molecular weight excluding hydrogens is 292 g/mol. The maximum absolute atomic E-state index is 11.2. The van der Waals surface area contributed by atoms with E-state index in [0.717, 1.165) is 39.0 Å². The Labute approximate surface area is 138 Å². The number of rotatable bonds is 7. The lowest BCUT2D eigenvalue weighted by molar-refractivity contribution is -0.132. The summed E-state index contributed by atoms with van der Waals surface area (Å²) < 4.78 is 10.6. The Morgan fingerprint density at radius 2 is 2.13 bits per heavy atom. The van der Waals surface area contributed by atoms with Gasteiger partial charge in [-0.05, 0) is 30.5 Å². The van der Waals surface area contributed by atoms with E-state index in [0.29, 0.717) is 17.5 Å². The van der Waals surface area contributed by atoms with Crippen molar-refractivity contribution in [2.24, 2.45) is 0 Å². The van der Waals surface area contributed by atoms with Gasteiger partial charge in [-0.1, -0.05) is 12.1 Å². The van der Waals surface area contributed by atoms with Gasteiger partial charge in [0.05, 0.1) is 7.11 Å². The van der Waals surface area contributed by atoms with Crippen molar-refractivity contribution in [1.82, 2.24) is 10.2 Å².